The number of hydrogen-bond donors (Lipinski definition) is 0. The number of hydrogen-bond acceptors (Lipinski definition) is 9. The molecule has 0 radical (unpaired) electrons. The Hall–Kier alpha value is -3.92. The maximum atomic E-state index is 13.6. The summed E-state index contributed by atoms with van der Waals surface area (Å²) in [5, 5.41) is 0. The molecule has 10 heteroatoms. The fraction of sp³-hybridized carbons (Fsp3) is 0.308. The second-order valence-electron chi connectivity index (χ2n) is 7.98. The zero-order chi connectivity index (χ0) is 26.0. The number of benzene rings is 1. The van der Waals surface area contributed by atoms with Gasteiger partial charge in [0.2, 0.25) is 0 Å². The van der Waals surface area contributed by atoms with Crippen LogP contribution >= 0.6 is 11.3 Å². The second-order valence-corrected chi connectivity index (χ2v) is 8.99. The van der Waals surface area contributed by atoms with E-state index >= 15 is 0 Å². The van der Waals surface area contributed by atoms with Crippen molar-refractivity contribution in [2.45, 2.75) is 40.7 Å². The molecular formula is C26H26N2O7S. The highest BCUT2D eigenvalue weighted by Crippen LogP contribution is 2.36. The van der Waals surface area contributed by atoms with E-state index in [2.05, 4.69) is 4.99 Å². The third-order valence-corrected chi connectivity index (χ3v) is 6.37. The van der Waals surface area contributed by atoms with Gasteiger partial charge < -0.3 is 18.6 Å². The average molecular weight is 511 g/mol. The quantitative estimate of drug-likeness (QED) is 0.355. The molecule has 3 aromatic rings. The highest BCUT2D eigenvalue weighted by molar-refractivity contribution is 7.07. The average Bonchev–Trinajstić information content (AvgIpc) is 3.36. The number of rotatable bonds is 7. The smallest absolute Gasteiger partial charge is 0.338 e. The fourth-order valence-corrected chi connectivity index (χ4v) is 5.00. The van der Waals surface area contributed by atoms with E-state index in [-0.39, 0.29) is 23.5 Å². The number of esters is 2. The van der Waals surface area contributed by atoms with Crippen molar-refractivity contribution in [3.63, 3.8) is 0 Å². The van der Waals surface area contributed by atoms with Gasteiger partial charge in [-0.1, -0.05) is 17.4 Å². The lowest BCUT2D eigenvalue weighted by molar-refractivity contribution is -0.139. The van der Waals surface area contributed by atoms with Crippen molar-refractivity contribution in [1.82, 2.24) is 4.57 Å². The monoisotopic (exact) mass is 510 g/mol. The largest absolute Gasteiger partial charge is 0.490 e. The van der Waals surface area contributed by atoms with Gasteiger partial charge >= 0.3 is 11.9 Å². The number of fused-ring (bicyclic) bond motifs is 1. The van der Waals surface area contributed by atoms with E-state index in [9.17, 15) is 14.4 Å². The highest BCUT2D eigenvalue weighted by Gasteiger charge is 2.34. The number of aromatic nitrogens is 1. The molecule has 0 N–H and O–H groups in total. The molecule has 1 atom stereocenters. The van der Waals surface area contributed by atoms with Gasteiger partial charge in [-0.15, -0.1) is 0 Å². The van der Waals surface area contributed by atoms with Crippen LogP contribution in [0, 0.1) is 6.92 Å². The third kappa shape index (κ3) is 4.90. The zero-order valence-corrected chi connectivity index (χ0v) is 21.4. The molecular weight excluding hydrogens is 484 g/mol. The van der Waals surface area contributed by atoms with Crippen LogP contribution in [0.25, 0.3) is 6.08 Å². The maximum absolute atomic E-state index is 13.6. The van der Waals surface area contributed by atoms with Crippen LogP contribution in [0.5, 0.6) is 11.5 Å². The topological polar surface area (TPSA) is 109 Å². The number of thiazole rings is 1. The Morgan fingerprint density at radius 3 is 2.56 bits per heavy atom. The molecule has 0 saturated heterocycles. The van der Waals surface area contributed by atoms with Gasteiger partial charge in [-0.25, -0.2) is 9.79 Å². The molecule has 1 aliphatic heterocycles. The summed E-state index contributed by atoms with van der Waals surface area (Å²) in [5.74, 6) is 0.765. The zero-order valence-electron chi connectivity index (χ0n) is 20.6. The minimum Gasteiger partial charge on any atom is -0.490 e. The van der Waals surface area contributed by atoms with Crippen molar-refractivity contribution >= 4 is 29.4 Å². The third-order valence-electron chi connectivity index (χ3n) is 5.39. The van der Waals surface area contributed by atoms with Gasteiger partial charge in [0.15, 0.2) is 16.3 Å². The molecule has 0 bridgehead atoms. The number of carbonyl (C=O) groups excluding carboxylic acids is 2. The van der Waals surface area contributed by atoms with E-state index in [0.717, 1.165) is 5.76 Å². The molecule has 1 aliphatic rings. The van der Waals surface area contributed by atoms with Crippen LogP contribution in [-0.2, 0) is 14.3 Å². The van der Waals surface area contributed by atoms with Crippen LogP contribution < -0.4 is 24.4 Å². The molecule has 0 spiro atoms. The Labute approximate surface area is 210 Å². The summed E-state index contributed by atoms with van der Waals surface area (Å²) in [6.07, 6.45) is 1.66. The summed E-state index contributed by atoms with van der Waals surface area (Å²) in [6, 6.07) is 7.71. The molecule has 0 saturated carbocycles. The summed E-state index contributed by atoms with van der Waals surface area (Å²) in [7, 11) is 0. The van der Waals surface area contributed by atoms with Gasteiger partial charge in [-0.05, 0) is 57.5 Å². The number of carbonyl (C=O) groups is 2. The van der Waals surface area contributed by atoms with Crippen molar-refractivity contribution < 1.29 is 28.2 Å². The first-order chi connectivity index (χ1) is 17.2. The van der Waals surface area contributed by atoms with Gasteiger partial charge in [-0.2, -0.15) is 0 Å². The summed E-state index contributed by atoms with van der Waals surface area (Å²) in [5.41, 5.74) is 0.941. The number of nitrogens with zero attached hydrogens (tertiary/aromatic N) is 2. The van der Waals surface area contributed by atoms with E-state index in [4.69, 9.17) is 18.6 Å². The van der Waals surface area contributed by atoms with Gasteiger partial charge in [0.05, 0.1) is 35.1 Å². The normalized spacial score (nSPS) is 15.4. The van der Waals surface area contributed by atoms with Crippen LogP contribution in [0.1, 0.15) is 50.8 Å². The molecule has 0 aliphatic carbocycles. The first kappa shape index (κ1) is 25.2. The summed E-state index contributed by atoms with van der Waals surface area (Å²) < 4.78 is 23.8. The van der Waals surface area contributed by atoms with Gasteiger partial charge in [0, 0.05) is 13.0 Å². The molecule has 188 valence electrons. The maximum Gasteiger partial charge on any atom is 0.338 e. The lowest BCUT2D eigenvalue weighted by atomic mass is 9.95. The predicted octanol–water partition coefficient (Wildman–Crippen LogP) is 3.02. The summed E-state index contributed by atoms with van der Waals surface area (Å²) in [6.45, 7) is 8.84. The highest BCUT2D eigenvalue weighted by atomic mass is 32.1. The van der Waals surface area contributed by atoms with Crippen LogP contribution in [0.3, 0.4) is 0 Å². The molecule has 0 amide bonds. The molecule has 0 fully saturated rings. The van der Waals surface area contributed by atoms with E-state index in [1.807, 2.05) is 13.0 Å². The number of furan rings is 1. The molecule has 0 unspecified atom stereocenters. The van der Waals surface area contributed by atoms with Crippen molar-refractivity contribution in [1.29, 1.82) is 0 Å². The number of allylic oxidation sites excluding steroid dienone is 1. The van der Waals surface area contributed by atoms with E-state index in [1.54, 1.807) is 51.1 Å². The number of ether oxygens (including phenoxy) is 3. The first-order valence-electron chi connectivity index (χ1n) is 11.4. The SMILES string of the molecule is CCOC(=O)C1=C(C)N=c2s/c(=C\c3ccc(C)o3)c(=O)n2[C@@H]1c1ccc(OC(C)=O)c(OCC)c1. The standard InChI is InChI=1S/C26H26N2O7S/c1-6-32-20-12-17(9-11-19(20)35-16(5)29)23-22(25(31)33-7-2)15(4)27-26-28(23)24(30)21(36-26)13-18-10-8-14(3)34-18/h8-13,23H,6-7H2,1-5H3/b21-13-/t23-/m1/s1. The summed E-state index contributed by atoms with van der Waals surface area (Å²) >= 11 is 1.20. The van der Waals surface area contributed by atoms with E-state index in [1.165, 1.54) is 22.8 Å². The fourth-order valence-electron chi connectivity index (χ4n) is 3.97. The Morgan fingerprint density at radius 2 is 1.92 bits per heavy atom. The minimum atomic E-state index is -0.827. The summed E-state index contributed by atoms with van der Waals surface area (Å²) in [4.78, 5) is 43.2. The lowest BCUT2D eigenvalue weighted by Crippen LogP contribution is -2.40. The van der Waals surface area contributed by atoms with Crippen LogP contribution in [0.4, 0.5) is 0 Å². The Bertz CT molecular complexity index is 1540. The van der Waals surface area contributed by atoms with Crippen LogP contribution in [-0.4, -0.2) is 29.7 Å². The van der Waals surface area contributed by atoms with Gasteiger partial charge in [0.25, 0.3) is 5.56 Å². The predicted molar refractivity (Wildman–Crippen MR) is 133 cm³/mol. The van der Waals surface area contributed by atoms with Crippen molar-refractivity contribution in [2.24, 2.45) is 4.99 Å². The van der Waals surface area contributed by atoms with Gasteiger partial charge in [-0.3, -0.25) is 14.2 Å². The van der Waals surface area contributed by atoms with Crippen molar-refractivity contribution in [2.75, 3.05) is 13.2 Å². The van der Waals surface area contributed by atoms with Crippen molar-refractivity contribution in [3.8, 4) is 11.5 Å². The second kappa shape index (κ2) is 10.4. The van der Waals surface area contributed by atoms with E-state index < -0.39 is 18.0 Å². The lowest BCUT2D eigenvalue weighted by Gasteiger charge is -2.25. The Kier molecular flexibility index (Phi) is 7.25. The molecule has 1 aromatic carbocycles. The molecule has 2 aromatic heterocycles. The van der Waals surface area contributed by atoms with Gasteiger partial charge in [0.1, 0.15) is 11.5 Å². The minimum absolute atomic E-state index is 0.167. The molecule has 3 heterocycles. The molecule has 4 rings (SSSR count). The van der Waals surface area contributed by atoms with Crippen LogP contribution in [0.2, 0.25) is 0 Å². The van der Waals surface area contributed by atoms with Crippen LogP contribution in [0.15, 0.2) is 55.8 Å². The molecule has 36 heavy (non-hydrogen) atoms. The first-order valence-corrected chi connectivity index (χ1v) is 12.3. The number of aryl methyl sites for hydroxylation is 1. The molecule has 9 nitrogen and oxygen atoms in total. The Morgan fingerprint density at radius 1 is 1.14 bits per heavy atom. The van der Waals surface area contributed by atoms with Crippen molar-refractivity contribution in [3.05, 3.63) is 78.4 Å². The Balaban J connectivity index is 1.95. The van der Waals surface area contributed by atoms with E-state index in [0.29, 0.717) is 38.7 Å².